The number of carbonyl (C=O) groups is 1. The summed E-state index contributed by atoms with van der Waals surface area (Å²) in [5.41, 5.74) is 8.19. The summed E-state index contributed by atoms with van der Waals surface area (Å²) in [6.07, 6.45) is 0. The highest BCUT2D eigenvalue weighted by molar-refractivity contribution is 5.81. The standard InChI is InChI=1S/C16H27N3O/c1-5-19(4)11-14-8-6-7-13(9-14)10-18-16(20)15(17)12(2)3/h6-9,12,15H,5,10-11,17H2,1-4H3,(H,18,20)/t15-/m0/s1. The second-order valence-corrected chi connectivity index (χ2v) is 5.64. The number of nitrogens with zero attached hydrogens (tertiary/aromatic N) is 1. The fourth-order valence-electron chi connectivity index (χ4n) is 1.87. The van der Waals surface area contributed by atoms with Gasteiger partial charge in [-0.2, -0.15) is 0 Å². The van der Waals surface area contributed by atoms with E-state index in [1.54, 1.807) is 0 Å². The molecule has 4 heteroatoms. The largest absolute Gasteiger partial charge is 0.351 e. The van der Waals surface area contributed by atoms with E-state index in [-0.39, 0.29) is 11.8 Å². The Balaban J connectivity index is 2.56. The lowest BCUT2D eigenvalue weighted by Crippen LogP contribution is -2.43. The average molecular weight is 277 g/mol. The molecule has 1 aromatic carbocycles. The van der Waals surface area contributed by atoms with E-state index in [0.29, 0.717) is 6.54 Å². The van der Waals surface area contributed by atoms with Gasteiger partial charge in [0.25, 0.3) is 0 Å². The highest BCUT2D eigenvalue weighted by atomic mass is 16.2. The Bertz CT molecular complexity index is 431. The van der Waals surface area contributed by atoms with Gasteiger partial charge in [0.1, 0.15) is 0 Å². The zero-order valence-electron chi connectivity index (χ0n) is 13.0. The van der Waals surface area contributed by atoms with Crippen LogP contribution in [0.1, 0.15) is 31.9 Å². The Labute approximate surface area is 122 Å². The number of amides is 1. The molecule has 4 nitrogen and oxygen atoms in total. The molecule has 0 fully saturated rings. The van der Waals surface area contributed by atoms with Gasteiger partial charge in [-0.1, -0.05) is 45.0 Å². The third-order valence-electron chi connectivity index (χ3n) is 3.47. The first-order valence-corrected chi connectivity index (χ1v) is 7.23. The van der Waals surface area contributed by atoms with Gasteiger partial charge < -0.3 is 16.0 Å². The molecule has 0 bridgehead atoms. The lowest BCUT2D eigenvalue weighted by atomic mass is 10.0. The Kier molecular flexibility index (Phi) is 6.68. The van der Waals surface area contributed by atoms with Crippen LogP contribution < -0.4 is 11.1 Å². The number of rotatable bonds is 7. The molecular formula is C16H27N3O. The molecule has 3 N–H and O–H groups in total. The van der Waals surface area contributed by atoms with Gasteiger partial charge in [0.05, 0.1) is 6.04 Å². The Morgan fingerprint density at radius 2 is 2.00 bits per heavy atom. The van der Waals surface area contributed by atoms with Crippen LogP contribution in [-0.2, 0) is 17.9 Å². The number of nitrogens with two attached hydrogens (primary N) is 1. The van der Waals surface area contributed by atoms with Crippen molar-refractivity contribution in [2.24, 2.45) is 11.7 Å². The van der Waals surface area contributed by atoms with Crippen LogP contribution in [-0.4, -0.2) is 30.4 Å². The van der Waals surface area contributed by atoms with Gasteiger partial charge in [-0.3, -0.25) is 4.79 Å². The highest BCUT2D eigenvalue weighted by Gasteiger charge is 2.16. The minimum atomic E-state index is -0.440. The smallest absolute Gasteiger partial charge is 0.237 e. The predicted molar refractivity (Wildman–Crippen MR) is 83.1 cm³/mol. The molecule has 0 saturated carbocycles. The third kappa shape index (κ3) is 5.31. The van der Waals surface area contributed by atoms with Gasteiger partial charge >= 0.3 is 0 Å². The van der Waals surface area contributed by atoms with E-state index in [1.165, 1.54) is 5.56 Å². The van der Waals surface area contributed by atoms with Gasteiger partial charge in [0, 0.05) is 13.1 Å². The van der Waals surface area contributed by atoms with Gasteiger partial charge in [-0.25, -0.2) is 0 Å². The van der Waals surface area contributed by atoms with E-state index >= 15 is 0 Å². The first kappa shape index (κ1) is 16.7. The number of carbonyl (C=O) groups excluding carboxylic acids is 1. The fraction of sp³-hybridized carbons (Fsp3) is 0.562. The SMILES string of the molecule is CCN(C)Cc1cccc(CNC(=O)[C@@H](N)C(C)C)c1. The molecule has 0 aromatic heterocycles. The van der Waals surface area contributed by atoms with Crippen molar-refractivity contribution in [1.82, 2.24) is 10.2 Å². The maximum atomic E-state index is 11.8. The monoisotopic (exact) mass is 277 g/mol. The topological polar surface area (TPSA) is 58.4 Å². The number of benzene rings is 1. The Morgan fingerprint density at radius 1 is 1.35 bits per heavy atom. The van der Waals surface area contributed by atoms with Crippen LogP contribution in [0.3, 0.4) is 0 Å². The van der Waals surface area contributed by atoms with Crippen LogP contribution in [0.5, 0.6) is 0 Å². The summed E-state index contributed by atoms with van der Waals surface area (Å²) in [5, 5.41) is 2.90. The van der Waals surface area contributed by atoms with Crippen LogP contribution in [0.4, 0.5) is 0 Å². The quantitative estimate of drug-likeness (QED) is 0.798. The lowest BCUT2D eigenvalue weighted by Gasteiger charge is -2.16. The molecule has 112 valence electrons. The van der Waals surface area contributed by atoms with Crippen LogP contribution in [0.25, 0.3) is 0 Å². The molecule has 0 aliphatic heterocycles. The summed E-state index contributed by atoms with van der Waals surface area (Å²) >= 11 is 0. The van der Waals surface area contributed by atoms with Crippen LogP contribution >= 0.6 is 0 Å². The lowest BCUT2D eigenvalue weighted by molar-refractivity contribution is -0.123. The average Bonchev–Trinajstić information content (AvgIpc) is 2.44. The van der Waals surface area contributed by atoms with Gasteiger partial charge in [-0.15, -0.1) is 0 Å². The minimum absolute atomic E-state index is 0.0870. The first-order valence-electron chi connectivity index (χ1n) is 7.23. The summed E-state index contributed by atoms with van der Waals surface area (Å²) in [6.45, 7) is 8.51. The summed E-state index contributed by atoms with van der Waals surface area (Å²) < 4.78 is 0. The van der Waals surface area contributed by atoms with E-state index < -0.39 is 6.04 Å². The maximum absolute atomic E-state index is 11.8. The molecule has 0 unspecified atom stereocenters. The second kappa shape index (κ2) is 8.02. The molecule has 0 radical (unpaired) electrons. The van der Waals surface area contributed by atoms with Crippen molar-refractivity contribution in [3.05, 3.63) is 35.4 Å². The maximum Gasteiger partial charge on any atom is 0.237 e. The van der Waals surface area contributed by atoms with Crippen molar-refractivity contribution >= 4 is 5.91 Å². The van der Waals surface area contributed by atoms with Crippen LogP contribution in [0.2, 0.25) is 0 Å². The minimum Gasteiger partial charge on any atom is -0.351 e. The molecule has 20 heavy (non-hydrogen) atoms. The first-order chi connectivity index (χ1) is 9.43. The molecule has 1 rings (SSSR count). The van der Waals surface area contributed by atoms with E-state index in [4.69, 9.17) is 5.73 Å². The molecule has 0 spiro atoms. The van der Waals surface area contributed by atoms with Gasteiger partial charge in [-0.05, 0) is 30.6 Å². The van der Waals surface area contributed by atoms with E-state index in [2.05, 4.69) is 36.3 Å². The summed E-state index contributed by atoms with van der Waals surface area (Å²) in [7, 11) is 2.09. The van der Waals surface area contributed by atoms with E-state index in [9.17, 15) is 4.79 Å². The van der Waals surface area contributed by atoms with E-state index in [1.807, 2.05) is 26.0 Å². The zero-order valence-corrected chi connectivity index (χ0v) is 13.0. The van der Waals surface area contributed by atoms with Crippen molar-refractivity contribution in [1.29, 1.82) is 0 Å². The number of hydrogen-bond donors (Lipinski definition) is 2. The summed E-state index contributed by atoms with van der Waals surface area (Å²) in [5.74, 6) is 0.0654. The van der Waals surface area contributed by atoms with Crippen LogP contribution in [0.15, 0.2) is 24.3 Å². The summed E-state index contributed by atoms with van der Waals surface area (Å²) in [6, 6.07) is 7.86. The van der Waals surface area contributed by atoms with Crippen molar-refractivity contribution in [3.63, 3.8) is 0 Å². The van der Waals surface area contributed by atoms with Crippen molar-refractivity contribution in [3.8, 4) is 0 Å². The van der Waals surface area contributed by atoms with Crippen molar-refractivity contribution in [2.45, 2.75) is 39.9 Å². The van der Waals surface area contributed by atoms with Crippen LogP contribution in [0, 0.1) is 5.92 Å². The van der Waals surface area contributed by atoms with Gasteiger partial charge in [0.2, 0.25) is 5.91 Å². The Hall–Kier alpha value is -1.39. The van der Waals surface area contributed by atoms with Gasteiger partial charge in [0.15, 0.2) is 0 Å². The molecule has 1 amide bonds. The third-order valence-corrected chi connectivity index (χ3v) is 3.47. The van der Waals surface area contributed by atoms with Crippen molar-refractivity contribution in [2.75, 3.05) is 13.6 Å². The second-order valence-electron chi connectivity index (χ2n) is 5.64. The zero-order chi connectivity index (χ0) is 15.1. The van der Waals surface area contributed by atoms with Crippen molar-refractivity contribution < 1.29 is 4.79 Å². The normalized spacial score (nSPS) is 12.8. The molecule has 0 saturated heterocycles. The molecule has 1 atom stereocenters. The number of hydrogen-bond acceptors (Lipinski definition) is 3. The molecule has 0 heterocycles. The molecule has 1 aromatic rings. The number of nitrogens with one attached hydrogen (secondary N) is 1. The molecule has 0 aliphatic rings. The highest BCUT2D eigenvalue weighted by Crippen LogP contribution is 2.08. The molecular weight excluding hydrogens is 250 g/mol. The Morgan fingerprint density at radius 3 is 2.60 bits per heavy atom. The predicted octanol–water partition coefficient (Wildman–Crippen LogP) is 1.74. The molecule has 0 aliphatic carbocycles. The van der Waals surface area contributed by atoms with E-state index in [0.717, 1.165) is 18.7 Å². The summed E-state index contributed by atoms with van der Waals surface area (Å²) in [4.78, 5) is 14.1. The fourth-order valence-corrected chi connectivity index (χ4v) is 1.87.